The van der Waals surface area contributed by atoms with Crippen LogP contribution in [0.3, 0.4) is 0 Å². The van der Waals surface area contributed by atoms with E-state index < -0.39 is 0 Å². The van der Waals surface area contributed by atoms with E-state index in [1.54, 1.807) is 0 Å². The molecule has 3 aromatic rings. The van der Waals surface area contributed by atoms with Crippen molar-refractivity contribution >= 4 is 39.7 Å². The molecular formula is C23H24OSe2. The third kappa shape index (κ3) is 4.67. The Kier molecular flexibility index (Phi) is 6.73. The number of hydrogen-bond acceptors (Lipinski definition) is 1. The molecule has 0 aliphatic carbocycles. The summed E-state index contributed by atoms with van der Waals surface area (Å²) in [4.78, 5) is 13.0. The van der Waals surface area contributed by atoms with Crippen molar-refractivity contribution in [3.63, 3.8) is 0 Å². The van der Waals surface area contributed by atoms with Crippen LogP contribution in [-0.2, 0) is 0 Å². The summed E-state index contributed by atoms with van der Waals surface area (Å²) in [5.74, 6) is 0.205. The predicted octanol–water partition coefficient (Wildman–Crippen LogP) is 4.81. The molecule has 0 radical (unpaired) electrons. The Labute approximate surface area is 168 Å². The van der Waals surface area contributed by atoms with Crippen LogP contribution < -0.4 is 4.46 Å². The van der Waals surface area contributed by atoms with E-state index in [1.807, 2.05) is 24.3 Å². The molecule has 1 heterocycles. The van der Waals surface area contributed by atoms with Gasteiger partial charge < -0.3 is 0 Å². The van der Waals surface area contributed by atoms with E-state index in [2.05, 4.69) is 51.1 Å². The quantitative estimate of drug-likeness (QED) is 0.273. The van der Waals surface area contributed by atoms with E-state index in [0.29, 0.717) is 15.0 Å². The number of carbonyl (C=O) groups excluding carboxylic acids is 1. The van der Waals surface area contributed by atoms with Crippen LogP contribution in [0.4, 0.5) is 0 Å². The first-order chi connectivity index (χ1) is 12.6. The van der Waals surface area contributed by atoms with Gasteiger partial charge >= 0.3 is 169 Å². The van der Waals surface area contributed by atoms with Gasteiger partial charge in [0, 0.05) is 0 Å². The number of aryl methyl sites for hydroxylation is 2. The van der Waals surface area contributed by atoms with E-state index in [9.17, 15) is 4.79 Å². The van der Waals surface area contributed by atoms with Crippen LogP contribution in [0.2, 0.25) is 5.32 Å². The van der Waals surface area contributed by atoms with Crippen molar-refractivity contribution in [2.24, 2.45) is 0 Å². The summed E-state index contributed by atoms with van der Waals surface area (Å²) in [7, 11) is 0. The number of unbranched alkanes of at least 4 members (excludes halogenated alkanes) is 1. The first-order valence-corrected chi connectivity index (χ1v) is 12.8. The van der Waals surface area contributed by atoms with Gasteiger partial charge in [-0.15, -0.1) is 0 Å². The van der Waals surface area contributed by atoms with Crippen molar-refractivity contribution in [2.45, 2.75) is 38.9 Å². The van der Waals surface area contributed by atoms with Crippen molar-refractivity contribution in [1.29, 1.82) is 0 Å². The second kappa shape index (κ2) is 9.02. The zero-order valence-electron chi connectivity index (χ0n) is 15.5. The van der Waals surface area contributed by atoms with Gasteiger partial charge in [0.1, 0.15) is 0 Å². The van der Waals surface area contributed by atoms with Gasteiger partial charge in [-0.3, -0.25) is 0 Å². The van der Waals surface area contributed by atoms with Crippen LogP contribution in [0, 0.1) is 13.8 Å². The number of ketones is 1. The summed E-state index contributed by atoms with van der Waals surface area (Å²) in [5, 5.41) is 1.26. The van der Waals surface area contributed by atoms with Crippen molar-refractivity contribution in [1.82, 2.24) is 0 Å². The molecule has 2 aromatic carbocycles. The Morgan fingerprint density at radius 3 is 2.19 bits per heavy atom. The van der Waals surface area contributed by atoms with Gasteiger partial charge in [-0.25, -0.2) is 0 Å². The zero-order valence-corrected chi connectivity index (χ0v) is 19.0. The van der Waals surface area contributed by atoms with Gasteiger partial charge in [-0.2, -0.15) is 0 Å². The van der Waals surface area contributed by atoms with Crippen LogP contribution in [0.1, 0.15) is 45.7 Å². The topological polar surface area (TPSA) is 17.1 Å². The Balaban J connectivity index is 1.95. The standard InChI is InChI=1S/C23H24OSe2/c1-4-5-14-25-21-15-20(22(24)18-10-6-16(2)7-11-18)26-23(21)19-12-8-17(3)9-13-19/h6-13,15H,4-5,14H2,1-3H3. The summed E-state index contributed by atoms with van der Waals surface area (Å²) in [6.45, 7) is 6.42. The van der Waals surface area contributed by atoms with E-state index in [-0.39, 0.29) is 20.3 Å². The van der Waals surface area contributed by atoms with Crippen molar-refractivity contribution in [3.05, 3.63) is 75.7 Å². The fourth-order valence-corrected chi connectivity index (χ4v) is 8.60. The van der Waals surface area contributed by atoms with Gasteiger partial charge in [0.2, 0.25) is 0 Å². The Morgan fingerprint density at radius 2 is 1.58 bits per heavy atom. The maximum absolute atomic E-state index is 13.0. The zero-order chi connectivity index (χ0) is 18.5. The monoisotopic (exact) mass is 476 g/mol. The molecule has 0 atom stereocenters. The summed E-state index contributed by atoms with van der Waals surface area (Å²) in [6.07, 6.45) is 2.51. The molecular weight excluding hydrogens is 450 g/mol. The molecule has 134 valence electrons. The molecule has 1 aromatic heterocycles. The average Bonchev–Trinajstić information content (AvgIpc) is 3.07. The molecule has 0 aliphatic rings. The fraction of sp³-hybridized carbons (Fsp3) is 0.261. The minimum atomic E-state index is 0.0977. The summed E-state index contributed by atoms with van der Waals surface area (Å²) in [5.41, 5.74) is 4.58. The average molecular weight is 474 g/mol. The number of carbonyl (C=O) groups is 1. The molecule has 3 heteroatoms. The van der Waals surface area contributed by atoms with Gasteiger partial charge in [-0.05, 0) is 0 Å². The van der Waals surface area contributed by atoms with Crippen LogP contribution in [0.25, 0.3) is 10.0 Å². The van der Waals surface area contributed by atoms with Gasteiger partial charge in [0.05, 0.1) is 0 Å². The van der Waals surface area contributed by atoms with E-state index in [0.717, 1.165) is 10.0 Å². The van der Waals surface area contributed by atoms with Crippen molar-refractivity contribution < 1.29 is 4.79 Å². The predicted molar refractivity (Wildman–Crippen MR) is 113 cm³/mol. The molecule has 26 heavy (non-hydrogen) atoms. The molecule has 0 saturated heterocycles. The van der Waals surface area contributed by atoms with Gasteiger partial charge in [0.15, 0.2) is 0 Å². The summed E-state index contributed by atoms with van der Waals surface area (Å²) < 4.78 is 3.86. The van der Waals surface area contributed by atoms with Crippen LogP contribution in [0.15, 0.2) is 54.6 Å². The van der Waals surface area contributed by atoms with Crippen LogP contribution in [0.5, 0.6) is 0 Å². The molecule has 0 fully saturated rings. The maximum atomic E-state index is 13.0. The SMILES string of the molecule is CCCC[Se]c1cc(C(=O)c2ccc(C)cc2)[se]c1-c1ccc(C)cc1. The molecule has 0 N–H and O–H groups in total. The molecule has 0 bridgehead atoms. The van der Waals surface area contributed by atoms with E-state index >= 15 is 0 Å². The van der Waals surface area contributed by atoms with Crippen LogP contribution in [-0.4, -0.2) is 35.2 Å². The second-order valence-corrected chi connectivity index (χ2v) is 11.2. The molecule has 1 nitrogen and oxygen atoms in total. The fourth-order valence-electron chi connectivity index (χ4n) is 2.67. The first-order valence-electron chi connectivity index (χ1n) is 9.03. The van der Waals surface area contributed by atoms with Gasteiger partial charge in [0.25, 0.3) is 0 Å². The third-order valence-electron chi connectivity index (χ3n) is 4.30. The minimum absolute atomic E-state index is 0.0977. The summed E-state index contributed by atoms with van der Waals surface area (Å²) >= 11 is 0.549. The molecule has 0 unspecified atom stereocenters. The summed E-state index contributed by atoms with van der Waals surface area (Å²) in [6, 6.07) is 19.0. The molecule has 0 saturated carbocycles. The molecule has 0 aliphatic heterocycles. The third-order valence-corrected chi connectivity index (χ3v) is 9.80. The van der Waals surface area contributed by atoms with E-state index in [1.165, 1.54) is 43.8 Å². The molecule has 3 rings (SSSR count). The molecule has 0 amide bonds. The van der Waals surface area contributed by atoms with Crippen molar-refractivity contribution in [3.8, 4) is 10.0 Å². The Morgan fingerprint density at radius 1 is 0.962 bits per heavy atom. The normalized spacial score (nSPS) is 10.9. The van der Waals surface area contributed by atoms with Crippen LogP contribution >= 0.6 is 0 Å². The second-order valence-electron chi connectivity index (χ2n) is 6.57. The molecule has 0 spiro atoms. The van der Waals surface area contributed by atoms with Crippen molar-refractivity contribution in [2.75, 3.05) is 0 Å². The first kappa shape index (κ1) is 19.4. The Bertz CT molecular complexity index is 874. The number of benzene rings is 2. The number of hydrogen-bond donors (Lipinski definition) is 0. The van der Waals surface area contributed by atoms with E-state index in [4.69, 9.17) is 0 Å². The van der Waals surface area contributed by atoms with Gasteiger partial charge in [-0.1, -0.05) is 0 Å². The Hall–Kier alpha value is -1.37. The number of rotatable bonds is 7.